The van der Waals surface area contributed by atoms with Gasteiger partial charge in [0.15, 0.2) is 10.8 Å². The zero-order valence-corrected chi connectivity index (χ0v) is 20.6. The minimum atomic E-state index is -1.27. The molecule has 11 nitrogen and oxygen atoms in total. The van der Waals surface area contributed by atoms with Crippen LogP contribution in [0.2, 0.25) is 0 Å². The summed E-state index contributed by atoms with van der Waals surface area (Å²) in [4.78, 5) is 60.0. The topological polar surface area (TPSA) is 164 Å². The van der Waals surface area contributed by atoms with Gasteiger partial charge in [-0.05, 0) is 5.57 Å². The van der Waals surface area contributed by atoms with Gasteiger partial charge in [-0.3, -0.25) is 19.3 Å². The zero-order valence-electron chi connectivity index (χ0n) is 18.2. The molecule has 3 heterocycles. The molecule has 14 heteroatoms. The number of nitrogens with zero attached hydrogens (tertiary/aromatic N) is 3. The molecule has 1 fully saturated rings. The van der Waals surface area contributed by atoms with Crippen LogP contribution in [0.15, 0.2) is 52.1 Å². The minimum absolute atomic E-state index is 0.131. The number of oxime groups is 1. The number of nitrogens with one attached hydrogen (secondary N) is 1. The number of carbonyl (C=O) groups excluding carboxylic acids is 3. The van der Waals surface area contributed by atoms with E-state index in [1.54, 1.807) is 30.3 Å². The fourth-order valence-electron chi connectivity index (χ4n) is 3.51. The van der Waals surface area contributed by atoms with Crippen molar-refractivity contribution >= 4 is 68.6 Å². The second kappa shape index (κ2) is 10.5. The quantitative estimate of drug-likeness (QED) is 0.256. The average Bonchev–Trinajstić information content (AvgIpc) is 3.29. The van der Waals surface area contributed by atoms with Crippen molar-refractivity contribution in [3.63, 3.8) is 0 Å². The maximum Gasteiger partial charge on any atom is 0.352 e. The number of carboxylic acids is 1. The molecular formula is C21H19N5O6S3. The van der Waals surface area contributed by atoms with E-state index in [1.165, 1.54) is 24.3 Å². The first-order chi connectivity index (χ1) is 16.8. The van der Waals surface area contributed by atoms with E-state index in [0.29, 0.717) is 16.9 Å². The molecule has 2 aromatic rings. The summed E-state index contributed by atoms with van der Waals surface area (Å²) in [6.45, 7) is 0. The molecule has 0 saturated carbocycles. The number of thioether (sulfide) groups is 2. The van der Waals surface area contributed by atoms with Crippen LogP contribution < -0.4 is 11.1 Å². The average molecular weight is 534 g/mol. The smallest absolute Gasteiger partial charge is 0.352 e. The van der Waals surface area contributed by atoms with Crippen LogP contribution in [0.3, 0.4) is 0 Å². The number of nitrogens with two attached hydrogens (primary N) is 1. The number of β-lactam (4-membered cyclic amide) rings is 1. The summed E-state index contributed by atoms with van der Waals surface area (Å²) < 4.78 is 0. The van der Waals surface area contributed by atoms with Gasteiger partial charge in [0.1, 0.15) is 29.9 Å². The molecule has 0 bridgehead atoms. The van der Waals surface area contributed by atoms with E-state index >= 15 is 0 Å². The third-order valence-corrected chi connectivity index (χ3v) is 8.09. The summed E-state index contributed by atoms with van der Waals surface area (Å²) in [5, 5.41) is 17.1. The Morgan fingerprint density at radius 2 is 2.09 bits per heavy atom. The maximum atomic E-state index is 12.9. The number of thiazole rings is 1. The van der Waals surface area contributed by atoms with Crippen LogP contribution in [0.4, 0.5) is 5.13 Å². The molecule has 182 valence electrons. The van der Waals surface area contributed by atoms with Crippen LogP contribution in [0.5, 0.6) is 0 Å². The van der Waals surface area contributed by atoms with Crippen LogP contribution >= 0.6 is 34.9 Å². The summed E-state index contributed by atoms with van der Waals surface area (Å²) in [5.74, 6) is -2.12. The van der Waals surface area contributed by atoms with Crippen LogP contribution in [-0.2, 0) is 19.2 Å². The molecule has 35 heavy (non-hydrogen) atoms. The Morgan fingerprint density at radius 3 is 2.71 bits per heavy atom. The highest BCUT2D eigenvalue weighted by Crippen LogP contribution is 2.41. The molecule has 2 atom stereocenters. The van der Waals surface area contributed by atoms with Crippen molar-refractivity contribution in [1.82, 2.24) is 15.2 Å². The lowest BCUT2D eigenvalue weighted by atomic mass is 10.0. The Bertz CT molecular complexity index is 1250. The number of carboxylic acid groups (broad SMARTS) is 1. The Morgan fingerprint density at radius 1 is 1.34 bits per heavy atom. The van der Waals surface area contributed by atoms with Crippen molar-refractivity contribution in [3.05, 3.63) is 58.2 Å². The first-order valence-electron chi connectivity index (χ1n) is 10.1. The Hall–Kier alpha value is -3.36. The normalized spacial score (nSPS) is 19.6. The molecule has 4 rings (SSSR count). The largest absolute Gasteiger partial charge is 0.477 e. The molecule has 1 aromatic carbocycles. The minimum Gasteiger partial charge on any atom is -0.477 e. The highest BCUT2D eigenvalue weighted by atomic mass is 32.2. The van der Waals surface area contributed by atoms with Gasteiger partial charge >= 0.3 is 5.97 Å². The van der Waals surface area contributed by atoms with Gasteiger partial charge in [0.05, 0.1) is 0 Å². The van der Waals surface area contributed by atoms with E-state index in [-0.39, 0.29) is 33.1 Å². The number of benzene rings is 1. The van der Waals surface area contributed by atoms with Gasteiger partial charge in [-0.15, -0.1) is 23.1 Å². The monoisotopic (exact) mass is 533 g/mol. The van der Waals surface area contributed by atoms with Gasteiger partial charge < -0.3 is 21.0 Å². The molecule has 1 saturated heterocycles. The molecule has 2 aliphatic rings. The van der Waals surface area contributed by atoms with Crippen molar-refractivity contribution in [1.29, 1.82) is 0 Å². The molecule has 0 unspecified atom stereocenters. The number of carbonyl (C=O) groups is 4. The van der Waals surface area contributed by atoms with E-state index in [9.17, 15) is 24.3 Å². The Balaban J connectivity index is 1.47. The van der Waals surface area contributed by atoms with E-state index in [0.717, 1.165) is 28.0 Å². The zero-order chi connectivity index (χ0) is 25.1. The predicted octanol–water partition coefficient (Wildman–Crippen LogP) is 1.39. The maximum absolute atomic E-state index is 12.9. The fraction of sp³-hybridized carbons (Fsp3) is 0.238. The summed E-state index contributed by atoms with van der Waals surface area (Å²) in [5.41, 5.74) is 6.48. The number of amides is 2. The number of fused-ring (bicyclic) bond motifs is 1. The molecule has 1 aromatic heterocycles. The first-order valence-corrected chi connectivity index (χ1v) is 13.0. The number of nitrogen functional groups attached to an aromatic ring is 1. The highest BCUT2D eigenvalue weighted by Gasteiger charge is 2.54. The van der Waals surface area contributed by atoms with Crippen molar-refractivity contribution < 1.29 is 29.1 Å². The molecule has 2 aliphatic heterocycles. The summed E-state index contributed by atoms with van der Waals surface area (Å²) in [6, 6.07) is 7.69. The second-order valence-electron chi connectivity index (χ2n) is 7.25. The number of aromatic nitrogens is 1. The molecule has 2 amide bonds. The van der Waals surface area contributed by atoms with Crippen LogP contribution in [0, 0.1) is 0 Å². The van der Waals surface area contributed by atoms with Crippen molar-refractivity contribution in [2.45, 2.75) is 11.4 Å². The number of aliphatic carboxylic acids is 1. The van der Waals surface area contributed by atoms with Crippen molar-refractivity contribution in [2.75, 3.05) is 24.3 Å². The third-order valence-electron chi connectivity index (χ3n) is 5.09. The van der Waals surface area contributed by atoms with Crippen molar-refractivity contribution in [3.8, 4) is 0 Å². The number of anilines is 1. The van der Waals surface area contributed by atoms with Crippen LogP contribution in [0.1, 0.15) is 16.1 Å². The molecule has 0 radical (unpaired) electrons. The van der Waals surface area contributed by atoms with E-state index in [4.69, 9.17) is 10.6 Å². The van der Waals surface area contributed by atoms with Gasteiger partial charge in [-0.2, -0.15) is 0 Å². The van der Waals surface area contributed by atoms with Crippen molar-refractivity contribution in [2.24, 2.45) is 5.16 Å². The van der Waals surface area contributed by atoms with E-state index in [2.05, 4.69) is 15.5 Å². The molecule has 0 aliphatic carbocycles. The van der Waals surface area contributed by atoms with Gasteiger partial charge in [-0.1, -0.05) is 47.2 Å². The molecular weight excluding hydrogens is 514 g/mol. The van der Waals surface area contributed by atoms with Crippen LogP contribution in [0.25, 0.3) is 0 Å². The summed E-state index contributed by atoms with van der Waals surface area (Å²) in [7, 11) is 1.27. The number of hydrogen-bond donors (Lipinski definition) is 3. The number of rotatable bonds is 8. The van der Waals surface area contributed by atoms with Gasteiger partial charge in [0.2, 0.25) is 5.12 Å². The fourth-order valence-corrected chi connectivity index (χ4v) is 6.38. The summed E-state index contributed by atoms with van der Waals surface area (Å²) >= 11 is 3.40. The summed E-state index contributed by atoms with van der Waals surface area (Å²) in [6.07, 6.45) is 0. The molecule has 4 N–H and O–H groups in total. The van der Waals surface area contributed by atoms with Gasteiger partial charge in [0, 0.05) is 22.4 Å². The first kappa shape index (κ1) is 24.8. The molecule has 0 spiro atoms. The van der Waals surface area contributed by atoms with E-state index in [1.807, 2.05) is 0 Å². The Labute approximate surface area is 211 Å². The Kier molecular flexibility index (Phi) is 7.42. The lowest BCUT2D eigenvalue weighted by Gasteiger charge is -2.49. The van der Waals surface area contributed by atoms with Gasteiger partial charge in [0.25, 0.3) is 11.8 Å². The number of hydrogen-bond acceptors (Lipinski definition) is 11. The predicted molar refractivity (Wildman–Crippen MR) is 133 cm³/mol. The standard InChI is InChI=1S/C21H19N5O6S3/c1-32-25-13(12-9-35-21(22)23-12)16(27)24-14-17(28)26-15(19(29)30)11(7-33-18(14)26)8-34-20(31)10-5-3-2-4-6-10/h2-6,9,14,18H,7-8H2,1H3,(H2,22,23)(H,24,27)(H,29,30)/t14-,18-/m1/s1. The van der Waals surface area contributed by atoms with Crippen LogP contribution in [-0.4, -0.2) is 73.6 Å². The van der Waals surface area contributed by atoms with E-state index < -0.39 is 29.2 Å². The lowest BCUT2D eigenvalue weighted by molar-refractivity contribution is -0.150. The third kappa shape index (κ3) is 5.04. The second-order valence-corrected chi connectivity index (χ2v) is 10.2. The highest BCUT2D eigenvalue weighted by molar-refractivity contribution is 8.14. The SMILES string of the molecule is CON=C(C(=O)N[C@@H]1C(=O)N2C(C(=O)O)=C(CSC(=O)c3ccccc3)CS[C@H]12)c1csc(N)n1. The van der Waals surface area contributed by atoms with Gasteiger partial charge in [-0.25, -0.2) is 9.78 Å². The lowest BCUT2D eigenvalue weighted by Crippen LogP contribution is -2.71.